The standard InChI is InChI=1S/C27H37NO4.ClH/c1-21-19-28(20-22(2)32-21)17-7-5-3-4-6-8-18-31-26-15-13-24(14-16-26)23-9-11-25(12-10-23)27(29)30;/h9-16,21-22H,3-8,17-20H2,1-2H3,(H,29,30);1H. The number of morpholine rings is 1. The summed E-state index contributed by atoms with van der Waals surface area (Å²) in [6.07, 6.45) is 8.16. The molecular weight excluding hydrogens is 438 g/mol. The number of nitrogens with zero attached hydrogens (tertiary/aromatic N) is 1. The molecule has 0 aliphatic carbocycles. The highest BCUT2D eigenvalue weighted by Crippen LogP contribution is 2.23. The van der Waals surface area contributed by atoms with E-state index in [9.17, 15) is 4.79 Å². The van der Waals surface area contributed by atoms with E-state index in [0.717, 1.165) is 43.0 Å². The first-order chi connectivity index (χ1) is 15.5. The van der Waals surface area contributed by atoms with Crippen molar-refractivity contribution in [2.24, 2.45) is 0 Å². The molecule has 0 bridgehead atoms. The van der Waals surface area contributed by atoms with Crippen molar-refractivity contribution in [2.45, 2.75) is 64.6 Å². The number of carboxylic acid groups (broad SMARTS) is 1. The monoisotopic (exact) mass is 475 g/mol. The maximum Gasteiger partial charge on any atom is 0.335 e. The number of hydrogen-bond acceptors (Lipinski definition) is 4. The van der Waals surface area contributed by atoms with Crippen molar-refractivity contribution in [3.8, 4) is 16.9 Å². The predicted octanol–water partition coefficient (Wildman–Crippen LogP) is 6.30. The lowest BCUT2D eigenvalue weighted by Gasteiger charge is -2.35. The Kier molecular flexibility index (Phi) is 11.7. The number of ether oxygens (including phenoxy) is 2. The molecule has 0 aromatic heterocycles. The molecule has 1 aliphatic heterocycles. The second kappa shape index (κ2) is 14.2. The van der Waals surface area contributed by atoms with Crippen LogP contribution < -0.4 is 4.74 Å². The van der Waals surface area contributed by atoms with Crippen molar-refractivity contribution < 1.29 is 19.4 Å². The molecule has 1 fully saturated rings. The molecule has 2 atom stereocenters. The van der Waals surface area contributed by atoms with E-state index in [4.69, 9.17) is 14.6 Å². The highest BCUT2D eigenvalue weighted by atomic mass is 35.5. The summed E-state index contributed by atoms with van der Waals surface area (Å²) in [7, 11) is 0. The van der Waals surface area contributed by atoms with Gasteiger partial charge in [0.1, 0.15) is 5.75 Å². The van der Waals surface area contributed by atoms with E-state index < -0.39 is 5.97 Å². The summed E-state index contributed by atoms with van der Waals surface area (Å²) < 4.78 is 11.7. The van der Waals surface area contributed by atoms with E-state index in [1.807, 2.05) is 36.4 Å². The molecule has 2 unspecified atom stereocenters. The summed E-state index contributed by atoms with van der Waals surface area (Å²) in [6, 6.07) is 14.9. The van der Waals surface area contributed by atoms with Gasteiger partial charge in [0, 0.05) is 13.1 Å². The van der Waals surface area contributed by atoms with Crippen LogP contribution in [0.3, 0.4) is 0 Å². The first kappa shape index (κ1) is 27.2. The minimum atomic E-state index is -0.905. The number of carbonyl (C=O) groups is 1. The summed E-state index contributed by atoms with van der Waals surface area (Å²) in [6.45, 7) is 8.41. The zero-order valence-electron chi connectivity index (χ0n) is 19.9. The van der Waals surface area contributed by atoms with Crippen LogP contribution in [0.5, 0.6) is 5.75 Å². The zero-order chi connectivity index (χ0) is 22.8. The van der Waals surface area contributed by atoms with Gasteiger partial charge in [0.15, 0.2) is 0 Å². The predicted molar refractivity (Wildman–Crippen MR) is 136 cm³/mol. The normalized spacial score (nSPS) is 18.5. The molecular formula is C27H38ClNO4. The van der Waals surface area contributed by atoms with Gasteiger partial charge in [0.25, 0.3) is 0 Å². The molecule has 0 amide bonds. The molecule has 2 aromatic rings. The van der Waals surface area contributed by atoms with Gasteiger partial charge in [-0.3, -0.25) is 4.90 Å². The summed E-state index contributed by atoms with van der Waals surface area (Å²) in [4.78, 5) is 13.5. The molecule has 1 saturated heterocycles. The van der Waals surface area contributed by atoms with Crippen LogP contribution in [0.4, 0.5) is 0 Å². The molecule has 2 aromatic carbocycles. The fourth-order valence-electron chi connectivity index (χ4n) is 4.35. The molecule has 1 N–H and O–H groups in total. The van der Waals surface area contributed by atoms with Gasteiger partial charge in [0.05, 0.1) is 24.4 Å². The average molecular weight is 476 g/mol. The SMILES string of the molecule is CC1CN(CCCCCCCCOc2ccc(-c3ccc(C(=O)O)cc3)cc2)CC(C)O1.Cl. The van der Waals surface area contributed by atoms with Crippen LogP contribution in [-0.2, 0) is 4.74 Å². The molecule has 182 valence electrons. The van der Waals surface area contributed by atoms with Crippen LogP contribution in [0.25, 0.3) is 11.1 Å². The molecule has 3 rings (SSSR count). The summed E-state index contributed by atoms with van der Waals surface area (Å²) in [5, 5.41) is 9.00. The van der Waals surface area contributed by atoms with E-state index in [0.29, 0.717) is 17.8 Å². The number of carboxylic acids is 1. The van der Waals surface area contributed by atoms with Gasteiger partial charge >= 0.3 is 5.97 Å². The summed E-state index contributed by atoms with van der Waals surface area (Å²) in [5.74, 6) is -0.0255. The highest BCUT2D eigenvalue weighted by Gasteiger charge is 2.21. The van der Waals surface area contributed by atoms with Crippen molar-refractivity contribution in [1.82, 2.24) is 4.90 Å². The molecule has 0 saturated carbocycles. The Morgan fingerprint density at radius 2 is 1.39 bits per heavy atom. The lowest BCUT2D eigenvalue weighted by Crippen LogP contribution is -2.45. The van der Waals surface area contributed by atoms with Gasteiger partial charge in [-0.15, -0.1) is 12.4 Å². The molecule has 1 heterocycles. The van der Waals surface area contributed by atoms with Crippen molar-refractivity contribution in [1.29, 1.82) is 0 Å². The third-order valence-corrected chi connectivity index (χ3v) is 5.95. The summed E-state index contributed by atoms with van der Waals surface area (Å²) >= 11 is 0. The molecule has 0 spiro atoms. The Hall–Kier alpha value is -2.08. The van der Waals surface area contributed by atoms with Gasteiger partial charge in [0.2, 0.25) is 0 Å². The van der Waals surface area contributed by atoms with Crippen LogP contribution >= 0.6 is 12.4 Å². The van der Waals surface area contributed by atoms with E-state index in [-0.39, 0.29) is 12.4 Å². The number of rotatable bonds is 12. The van der Waals surface area contributed by atoms with Crippen molar-refractivity contribution in [3.63, 3.8) is 0 Å². The van der Waals surface area contributed by atoms with Crippen LogP contribution in [0.15, 0.2) is 48.5 Å². The van der Waals surface area contributed by atoms with Gasteiger partial charge in [-0.25, -0.2) is 4.79 Å². The van der Waals surface area contributed by atoms with E-state index in [2.05, 4.69) is 18.7 Å². The molecule has 5 nitrogen and oxygen atoms in total. The number of hydrogen-bond donors (Lipinski definition) is 1. The maximum atomic E-state index is 11.0. The number of aromatic carboxylic acids is 1. The van der Waals surface area contributed by atoms with Gasteiger partial charge in [-0.05, 0) is 68.6 Å². The number of unbranched alkanes of at least 4 members (excludes halogenated alkanes) is 5. The maximum absolute atomic E-state index is 11.0. The quantitative estimate of drug-likeness (QED) is 0.365. The van der Waals surface area contributed by atoms with E-state index >= 15 is 0 Å². The fourth-order valence-corrected chi connectivity index (χ4v) is 4.35. The van der Waals surface area contributed by atoms with Crippen molar-refractivity contribution in [2.75, 3.05) is 26.2 Å². The second-order valence-electron chi connectivity index (χ2n) is 8.89. The smallest absolute Gasteiger partial charge is 0.335 e. The van der Waals surface area contributed by atoms with Crippen LogP contribution in [0.1, 0.15) is 62.7 Å². The molecule has 33 heavy (non-hydrogen) atoms. The second-order valence-corrected chi connectivity index (χ2v) is 8.89. The Bertz CT molecular complexity index is 815. The minimum Gasteiger partial charge on any atom is -0.494 e. The molecule has 6 heteroatoms. The summed E-state index contributed by atoms with van der Waals surface area (Å²) in [5.41, 5.74) is 2.35. The fraction of sp³-hybridized carbons (Fsp3) is 0.519. The first-order valence-electron chi connectivity index (χ1n) is 12.0. The number of halogens is 1. The van der Waals surface area contributed by atoms with E-state index in [1.54, 1.807) is 12.1 Å². The lowest BCUT2D eigenvalue weighted by atomic mass is 10.0. The largest absolute Gasteiger partial charge is 0.494 e. The van der Waals surface area contributed by atoms with Crippen LogP contribution in [0, 0.1) is 0 Å². The molecule has 0 radical (unpaired) electrons. The van der Waals surface area contributed by atoms with Crippen molar-refractivity contribution >= 4 is 18.4 Å². The Morgan fingerprint density at radius 3 is 1.97 bits per heavy atom. The topological polar surface area (TPSA) is 59.0 Å². The first-order valence-corrected chi connectivity index (χ1v) is 12.0. The average Bonchev–Trinajstić information content (AvgIpc) is 2.78. The molecule has 1 aliphatic rings. The third kappa shape index (κ3) is 9.36. The van der Waals surface area contributed by atoms with Gasteiger partial charge in [-0.2, -0.15) is 0 Å². The van der Waals surface area contributed by atoms with Crippen LogP contribution in [0.2, 0.25) is 0 Å². The van der Waals surface area contributed by atoms with Crippen molar-refractivity contribution in [3.05, 3.63) is 54.1 Å². The zero-order valence-corrected chi connectivity index (χ0v) is 20.7. The lowest BCUT2D eigenvalue weighted by molar-refractivity contribution is -0.0681. The Balaban J connectivity index is 0.00000385. The number of benzene rings is 2. The Labute approximate surface area is 204 Å². The van der Waals surface area contributed by atoms with E-state index in [1.165, 1.54) is 38.6 Å². The van der Waals surface area contributed by atoms with Gasteiger partial charge in [-0.1, -0.05) is 49.9 Å². The van der Waals surface area contributed by atoms with Crippen LogP contribution in [-0.4, -0.2) is 54.4 Å². The Morgan fingerprint density at radius 1 is 0.879 bits per heavy atom. The highest BCUT2D eigenvalue weighted by molar-refractivity contribution is 5.88. The van der Waals surface area contributed by atoms with Gasteiger partial charge < -0.3 is 14.6 Å². The minimum absolute atomic E-state index is 0. The third-order valence-electron chi connectivity index (χ3n) is 5.95.